The lowest BCUT2D eigenvalue weighted by Gasteiger charge is -2.26. The van der Waals surface area contributed by atoms with E-state index in [4.69, 9.17) is 11.1 Å². The van der Waals surface area contributed by atoms with Crippen molar-refractivity contribution in [3.05, 3.63) is 22.3 Å². The lowest BCUT2D eigenvalue weighted by Crippen LogP contribution is -2.32. The summed E-state index contributed by atoms with van der Waals surface area (Å²) in [4.78, 5) is 6.62. The Morgan fingerprint density at radius 1 is 1.56 bits per heavy atom. The Kier molecular flexibility index (Phi) is 5.59. The highest BCUT2D eigenvalue weighted by molar-refractivity contribution is 9.10. The third kappa shape index (κ3) is 4.29. The number of pyridine rings is 1. The molecule has 0 spiro atoms. The Hall–Kier alpha value is -1.10. The van der Waals surface area contributed by atoms with E-state index in [2.05, 4.69) is 39.7 Å². The van der Waals surface area contributed by atoms with Gasteiger partial charge in [-0.15, -0.1) is 0 Å². The molecule has 0 fully saturated rings. The van der Waals surface area contributed by atoms with E-state index in [9.17, 15) is 0 Å². The highest BCUT2D eigenvalue weighted by Crippen LogP contribution is 2.27. The smallest absolute Gasteiger partial charge is 0.143 e. The minimum absolute atomic E-state index is 0.215. The fraction of sp³-hybridized carbons (Fsp3) is 0.538. The number of aryl methyl sites for hydroxylation is 1. The summed E-state index contributed by atoms with van der Waals surface area (Å²) in [6.07, 6.45) is 2.38. The highest BCUT2D eigenvalue weighted by atomic mass is 79.9. The van der Waals surface area contributed by atoms with Crippen molar-refractivity contribution in [3.63, 3.8) is 0 Å². The molecular weight excluding hydrogens is 292 g/mol. The van der Waals surface area contributed by atoms with Crippen LogP contribution >= 0.6 is 15.9 Å². The summed E-state index contributed by atoms with van der Waals surface area (Å²) in [7, 11) is 0. The Labute approximate surface area is 117 Å². The normalized spacial score (nSPS) is 10.7. The number of nitrogens with zero attached hydrogens (tertiary/aromatic N) is 2. The Balaban J connectivity index is 2.93. The topological polar surface area (TPSA) is 66.0 Å². The lowest BCUT2D eigenvalue weighted by molar-refractivity contribution is 0.608. The first-order valence-corrected chi connectivity index (χ1v) is 6.90. The van der Waals surface area contributed by atoms with Gasteiger partial charge in [-0.05, 0) is 40.4 Å². The van der Waals surface area contributed by atoms with Gasteiger partial charge in [0, 0.05) is 25.7 Å². The van der Waals surface area contributed by atoms with E-state index >= 15 is 0 Å². The van der Waals surface area contributed by atoms with E-state index in [-0.39, 0.29) is 5.84 Å². The molecule has 0 atom stereocenters. The fourth-order valence-corrected chi connectivity index (χ4v) is 2.21. The van der Waals surface area contributed by atoms with Gasteiger partial charge in [-0.2, -0.15) is 0 Å². The molecule has 0 aromatic carbocycles. The summed E-state index contributed by atoms with van der Waals surface area (Å²) >= 11 is 3.59. The molecule has 0 aliphatic rings. The van der Waals surface area contributed by atoms with E-state index in [1.807, 2.05) is 19.2 Å². The summed E-state index contributed by atoms with van der Waals surface area (Å²) in [5, 5.41) is 7.35. The van der Waals surface area contributed by atoms with Gasteiger partial charge in [-0.25, -0.2) is 4.98 Å². The number of amidine groups is 1. The van der Waals surface area contributed by atoms with E-state index in [0.29, 0.717) is 12.3 Å². The standard InChI is InChI=1S/C13H21BrN4/c1-9(2)8-18(7-5-11(15)16)13-12(14)10(3)4-6-17-13/h4,6,9H,5,7-8H2,1-3H3,(H3,15,16). The first-order chi connectivity index (χ1) is 8.41. The zero-order valence-corrected chi connectivity index (χ0v) is 12.8. The van der Waals surface area contributed by atoms with Crippen molar-refractivity contribution in [3.8, 4) is 0 Å². The van der Waals surface area contributed by atoms with Gasteiger partial charge < -0.3 is 10.6 Å². The molecule has 100 valence electrons. The zero-order chi connectivity index (χ0) is 13.7. The van der Waals surface area contributed by atoms with Crippen LogP contribution in [0, 0.1) is 18.3 Å². The van der Waals surface area contributed by atoms with Crippen LogP contribution in [0.15, 0.2) is 16.7 Å². The van der Waals surface area contributed by atoms with Crippen LogP contribution in [0.4, 0.5) is 5.82 Å². The van der Waals surface area contributed by atoms with E-state index in [1.54, 1.807) is 0 Å². The number of nitrogens with one attached hydrogen (secondary N) is 1. The van der Waals surface area contributed by atoms with Gasteiger partial charge in [0.1, 0.15) is 5.82 Å². The average molecular weight is 313 g/mol. The lowest BCUT2D eigenvalue weighted by atomic mass is 10.2. The molecule has 1 aromatic heterocycles. The number of halogens is 1. The second kappa shape index (κ2) is 6.73. The molecule has 1 rings (SSSR count). The number of anilines is 1. The van der Waals surface area contributed by atoms with Crippen LogP contribution in [-0.2, 0) is 0 Å². The number of aromatic nitrogens is 1. The molecule has 0 aliphatic carbocycles. The molecule has 0 saturated carbocycles. The molecule has 1 aromatic rings. The maximum Gasteiger partial charge on any atom is 0.143 e. The molecule has 3 N–H and O–H groups in total. The van der Waals surface area contributed by atoms with Gasteiger partial charge in [0.2, 0.25) is 0 Å². The maximum absolute atomic E-state index is 7.35. The van der Waals surface area contributed by atoms with Crippen LogP contribution < -0.4 is 10.6 Å². The van der Waals surface area contributed by atoms with Crippen LogP contribution in [0.25, 0.3) is 0 Å². The number of nitrogens with two attached hydrogens (primary N) is 1. The van der Waals surface area contributed by atoms with Crippen LogP contribution in [0.1, 0.15) is 25.8 Å². The van der Waals surface area contributed by atoms with Gasteiger partial charge in [0.05, 0.1) is 10.3 Å². The van der Waals surface area contributed by atoms with Gasteiger partial charge in [0.25, 0.3) is 0 Å². The second-order valence-electron chi connectivity index (χ2n) is 4.88. The Morgan fingerprint density at radius 3 is 2.78 bits per heavy atom. The number of hydrogen-bond donors (Lipinski definition) is 2. The summed E-state index contributed by atoms with van der Waals surface area (Å²) in [5.74, 6) is 1.68. The van der Waals surface area contributed by atoms with Crippen LogP contribution in [-0.4, -0.2) is 23.9 Å². The average Bonchev–Trinajstić information content (AvgIpc) is 2.27. The first-order valence-electron chi connectivity index (χ1n) is 6.10. The Bertz CT molecular complexity index is 417. The third-order valence-electron chi connectivity index (χ3n) is 2.60. The second-order valence-corrected chi connectivity index (χ2v) is 5.67. The fourth-order valence-electron chi connectivity index (χ4n) is 1.73. The van der Waals surface area contributed by atoms with Crippen LogP contribution in [0.2, 0.25) is 0 Å². The van der Waals surface area contributed by atoms with Crippen molar-refractivity contribution in [1.82, 2.24) is 4.98 Å². The van der Waals surface area contributed by atoms with Crippen molar-refractivity contribution < 1.29 is 0 Å². The summed E-state index contributed by atoms with van der Waals surface area (Å²) in [5.41, 5.74) is 6.61. The molecular formula is C13H21BrN4. The van der Waals surface area contributed by atoms with Gasteiger partial charge in [-0.3, -0.25) is 5.41 Å². The summed E-state index contributed by atoms with van der Waals surface area (Å²) < 4.78 is 1.02. The quantitative estimate of drug-likeness (QED) is 0.627. The van der Waals surface area contributed by atoms with Crippen LogP contribution in [0.5, 0.6) is 0 Å². The molecule has 1 heterocycles. The predicted octanol–water partition coefficient (Wildman–Crippen LogP) is 2.94. The minimum Gasteiger partial charge on any atom is -0.388 e. The van der Waals surface area contributed by atoms with Gasteiger partial charge >= 0.3 is 0 Å². The van der Waals surface area contributed by atoms with Crippen molar-refractivity contribution in [2.45, 2.75) is 27.2 Å². The molecule has 0 saturated heterocycles. The monoisotopic (exact) mass is 312 g/mol. The van der Waals surface area contributed by atoms with Gasteiger partial charge in [0.15, 0.2) is 0 Å². The predicted molar refractivity (Wildman–Crippen MR) is 80.3 cm³/mol. The minimum atomic E-state index is 0.215. The molecule has 0 amide bonds. The number of rotatable bonds is 6. The first kappa shape index (κ1) is 15.0. The highest BCUT2D eigenvalue weighted by Gasteiger charge is 2.14. The van der Waals surface area contributed by atoms with E-state index in [1.165, 1.54) is 0 Å². The van der Waals surface area contributed by atoms with Crippen molar-refractivity contribution in [1.29, 1.82) is 5.41 Å². The van der Waals surface area contributed by atoms with Gasteiger partial charge in [-0.1, -0.05) is 13.8 Å². The van der Waals surface area contributed by atoms with E-state index in [0.717, 1.165) is 28.9 Å². The number of hydrogen-bond acceptors (Lipinski definition) is 3. The maximum atomic E-state index is 7.35. The third-order valence-corrected chi connectivity index (χ3v) is 3.58. The van der Waals surface area contributed by atoms with Crippen molar-refractivity contribution in [2.75, 3.05) is 18.0 Å². The van der Waals surface area contributed by atoms with Crippen LogP contribution in [0.3, 0.4) is 0 Å². The molecule has 0 bridgehead atoms. The SMILES string of the molecule is Cc1ccnc(N(CCC(=N)N)CC(C)C)c1Br. The zero-order valence-electron chi connectivity index (χ0n) is 11.2. The van der Waals surface area contributed by atoms with Crippen molar-refractivity contribution in [2.24, 2.45) is 11.7 Å². The molecule has 18 heavy (non-hydrogen) atoms. The molecule has 4 nitrogen and oxygen atoms in total. The summed E-state index contributed by atoms with van der Waals surface area (Å²) in [6, 6.07) is 1.98. The van der Waals surface area contributed by atoms with E-state index < -0.39 is 0 Å². The molecule has 0 aliphatic heterocycles. The molecule has 5 heteroatoms. The van der Waals surface area contributed by atoms with Crippen molar-refractivity contribution >= 4 is 27.6 Å². The summed E-state index contributed by atoms with van der Waals surface area (Å²) in [6.45, 7) is 8.02. The largest absolute Gasteiger partial charge is 0.388 e. The molecule has 0 unspecified atom stereocenters. The Morgan fingerprint density at radius 2 is 2.22 bits per heavy atom. The molecule has 0 radical (unpaired) electrons.